The molecule has 0 amide bonds. The summed E-state index contributed by atoms with van der Waals surface area (Å²) in [7, 11) is 1.67. The number of halogens is 1. The summed E-state index contributed by atoms with van der Waals surface area (Å²) in [5, 5.41) is 0. The van der Waals surface area contributed by atoms with Crippen molar-refractivity contribution in [2.75, 3.05) is 7.11 Å². The van der Waals surface area contributed by atoms with Gasteiger partial charge in [-0.1, -0.05) is 6.07 Å². The molecular formula is C13H14BrNOS. The standard InChI is InChI=1S/C13H14BrNOS/c1-8(15)12-5-6-13(17-12)9-3-4-10(14)11(7-9)16-2/h3-8H,15H2,1-2H3. The largest absolute Gasteiger partial charge is 0.496 e. The molecule has 1 unspecified atom stereocenters. The number of methoxy groups -OCH3 is 1. The number of hydrogen-bond acceptors (Lipinski definition) is 3. The molecular weight excluding hydrogens is 298 g/mol. The van der Waals surface area contributed by atoms with E-state index < -0.39 is 0 Å². The van der Waals surface area contributed by atoms with Crippen LogP contribution in [0.5, 0.6) is 5.75 Å². The molecule has 2 aromatic rings. The number of rotatable bonds is 3. The van der Waals surface area contributed by atoms with E-state index in [0.29, 0.717) is 0 Å². The van der Waals surface area contributed by atoms with Gasteiger partial charge in [0.1, 0.15) is 5.75 Å². The highest BCUT2D eigenvalue weighted by molar-refractivity contribution is 9.10. The van der Waals surface area contributed by atoms with Crippen molar-refractivity contribution in [3.63, 3.8) is 0 Å². The van der Waals surface area contributed by atoms with Crippen molar-refractivity contribution in [3.8, 4) is 16.2 Å². The van der Waals surface area contributed by atoms with Gasteiger partial charge >= 0.3 is 0 Å². The molecule has 2 nitrogen and oxygen atoms in total. The van der Waals surface area contributed by atoms with Gasteiger partial charge in [-0.05, 0) is 52.7 Å². The van der Waals surface area contributed by atoms with E-state index in [1.165, 1.54) is 9.75 Å². The molecule has 1 heterocycles. The van der Waals surface area contributed by atoms with Crippen LogP contribution < -0.4 is 10.5 Å². The van der Waals surface area contributed by atoms with Gasteiger partial charge in [-0.2, -0.15) is 0 Å². The Bertz CT molecular complexity index is 522. The van der Waals surface area contributed by atoms with E-state index in [-0.39, 0.29) is 6.04 Å². The van der Waals surface area contributed by atoms with Gasteiger partial charge in [0.15, 0.2) is 0 Å². The summed E-state index contributed by atoms with van der Waals surface area (Å²) in [6.45, 7) is 2.00. The van der Waals surface area contributed by atoms with Gasteiger partial charge in [-0.15, -0.1) is 11.3 Å². The van der Waals surface area contributed by atoms with Crippen LogP contribution in [0.1, 0.15) is 17.8 Å². The van der Waals surface area contributed by atoms with Crippen LogP contribution in [0.25, 0.3) is 10.4 Å². The fourth-order valence-corrected chi connectivity index (χ4v) is 2.93. The number of nitrogens with two attached hydrogens (primary N) is 1. The highest BCUT2D eigenvalue weighted by Gasteiger charge is 2.08. The molecule has 0 aliphatic heterocycles. The monoisotopic (exact) mass is 311 g/mol. The molecule has 4 heteroatoms. The number of hydrogen-bond donors (Lipinski definition) is 1. The van der Waals surface area contributed by atoms with Gasteiger partial charge in [0, 0.05) is 15.8 Å². The lowest BCUT2D eigenvalue weighted by Crippen LogP contribution is -2.01. The summed E-state index contributed by atoms with van der Waals surface area (Å²) in [5.41, 5.74) is 7.02. The summed E-state index contributed by atoms with van der Waals surface area (Å²) in [5.74, 6) is 0.846. The van der Waals surface area contributed by atoms with E-state index in [9.17, 15) is 0 Å². The molecule has 0 radical (unpaired) electrons. The molecule has 1 aromatic carbocycles. The fourth-order valence-electron chi connectivity index (χ4n) is 1.57. The average Bonchev–Trinajstić information content (AvgIpc) is 2.79. The molecule has 2 rings (SSSR count). The van der Waals surface area contributed by atoms with Gasteiger partial charge in [0.25, 0.3) is 0 Å². The van der Waals surface area contributed by atoms with E-state index in [2.05, 4.69) is 34.1 Å². The zero-order valence-corrected chi connectivity index (χ0v) is 12.1. The van der Waals surface area contributed by atoms with Crippen molar-refractivity contribution >= 4 is 27.3 Å². The average molecular weight is 312 g/mol. The third-order valence-electron chi connectivity index (χ3n) is 2.51. The smallest absolute Gasteiger partial charge is 0.133 e. The van der Waals surface area contributed by atoms with Crippen molar-refractivity contribution in [2.45, 2.75) is 13.0 Å². The third-order valence-corrected chi connectivity index (χ3v) is 4.50. The Kier molecular flexibility index (Phi) is 3.86. The zero-order valence-electron chi connectivity index (χ0n) is 9.74. The molecule has 0 spiro atoms. The highest BCUT2D eigenvalue weighted by atomic mass is 79.9. The van der Waals surface area contributed by atoms with Crippen LogP contribution in [0.3, 0.4) is 0 Å². The van der Waals surface area contributed by atoms with E-state index in [4.69, 9.17) is 10.5 Å². The molecule has 90 valence electrons. The SMILES string of the molecule is COc1cc(-c2ccc(C(C)N)s2)ccc1Br. The lowest BCUT2D eigenvalue weighted by atomic mass is 10.2. The first-order chi connectivity index (χ1) is 8.11. The van der Waals surface area contributed by atoms with E-state index >= 15 is 0 Å². The highest BCUT2D eigenvalue weighted by Crippen LogP contribution is 2.35. The first-order valence-corrected chi connectivity index (χ1v) is 6.92. The minimum atomic E-state index is 0.0890. The van der Waals surface area contributed by atoms with Crippen LogP contribution in [0, 0.1) is 0 Å². The minimum Gasteiger partial charge on any atom is -0.496 e. The molecule has 0 saturated heterocycles. The van der Waals surface area contributed by atoms with Gasteiger partial charge in [-0.25, -0.2) is 0 Å². The van der Waals surface area contributed by atoms with Crippen molar-refractivity contribution in [1.29, 1.82) is 0 Å². The van der Waals surface area contributed by atoms with Gasteiger partial charge in [-0.3, -0.25) is 0 Å². The first kappa shape index (κ1) is 12.6. The summed E-state index contributed by atoms with van der Waals surface area (Å²) in [6.07, 6.45) is 0. The third kappa shape index (κ3) is 2.70. The van der Waals surface area contributed by atoms with Crippen molar-refractivity contribution in [1.82, 2.24) is 0 Å². The second-order valence-corrected chi connectivity index (χ2v) is 5.81. The van der Waals surface area contributed by atoms with Crippen LogP contribution in [0.2, 0.25) is 0 Å². The molecule has 1 atom stereocenters. The van der Waals surface area contributed by atoms with Gasteiger partial charge in [0.2, 0.25) is 0 Å². The lowest BCUT2D eigenvalue weighted by molar-refractivity contribution is 0.412. The Balaban J connectivity index is 2.38. The Hall–Kier alpha value is -0.840. The van der Waals surface area contributed by atoms with Crippen LogP contribution in [-0.4, -0.2) is 7.11 Å². The Labute approximate surface area is 114 Å². The molecule has 0 aliphatic rings. The molecule has 0 saturated carbocycles. The van der Waals surface area contributed by atoms with E-state index in [1.807, 2.05) is 19.1 Å². The molecule has 2 N–H and O–H groups in total. The van der Waals surface area contributed by atoms with Gasteiger partial charge < -0.3 is 10.5 Å². The molecule has 0 fully saturated rings. The molecule has 17 heavy (non-hydrogen) atoms. The predicted octanol–water partition coefficient (Wildman–Crippen LogP) is 4.21. The number of thiophene rings is 1. The zero-order chi connectivity index (χ0) is 12.4. The molecule has 1 aromatic heterocycles. The minimum absolute atomic E-state index is 0.0890. The summed E-state index contributed by atoms with van der Waals surface area (Å²) >= 11 is 5.17. The Morgan fingerprint density at radius 3 is 2.65 bits per heavy atom. The maximum atomic E-state index is 5.86. The lowest BCUT2D eigenvalue weighted by Gasteiger charge is -2.05. The number of ether oxygens (including phenoxy) is 1. The van der Waals surface area contributed by atoms with Crippen LogP contribution >= 0.6 is 27.3 Å². The summed E-state index contributed by atoms with van der Waals surface area (Å²) in [6, 6.07) is 10.4. The van der Waals surface area contributed by atoms with Crippen molar-refractivity contribution < 1.29 is 4.74 Å². The van der Waals surface area contributed by atoms with Crippen molar-refractivity contribution in [3.05, 3.63) is 39.7 Å². The Morgan fingerprint density at radius 2 is 2.06 bits per heavy atom. The van der Waals surface area contributed by atoms with Gasteiger partial charge in [0.05, 0.1) is 11.6 Å². The fraction of sp³-hybridized carbons (Fsp3) is 0.231. The maximum absolute atomic E-state index is 5.86. The normalized spacial score (nSPS) is 12.5. The second-order valence-electron chi connectivity index (χ2n) is 3.84. The molecule has 0 bridgehead atoms. The summed E-state index contributed by atoms with van der Waals surface area (Å²) in [4.78, 5) is 2.41. The van der Waals surface area contributed by atoms with Crippen LogP contribution in [0.4, 0.5) is 0 Å². The van der Waals surface area contributed by atoms with E-state index in [1.54, 1.807) is 18.4 Å². The van der Waals surface area contributed by atoms with E-state index in [0.717, 1.165) is 15.8 Å². The first-order valence-electron chi connectivity index (χ1n) is 5.31. The topological polar surface area (TPSA) is 35.2 Å². The Morgan fingerprint density at radius 1 is 1.29 bits per heavy atom. The van der Waals surface area contributed by atoms with Crippen molar-refractivity contribution in [2.24, 2.45) is 5.73 Å². The second kappa shape index (κ2) is 5.21. The quantitative estimate of drug-likeness (QED) is 0.921. The van der Waals surface area contributed by atoms with Crippen LogP contribution in [-0.2, 0) is 0 Å². The predicted molar refractivity (Wildman–Crippen MR) is 76.6 cm³/mol. The van der Waals surface area contributed by atoms with Crippen LogP contribution in [0.15, 0.2) is 34.8 Å². The molecule has 0 aliphatic carbocycles. The summed E-state index contributed by atoms with van der Waals surface area (Å²) < 4.78 is 6.26. The number of benzene rings is 1. The maximum Gasteiger partial charge on any atom is 0.133 e.